The van der Waals surface area contributed by atoms with Crippen LogP contribution >= 0.6 is 0 Å². The number of rotatable bonds is 2. The van der Waals surface area contributed by atoms with Gasteiger partial charge in [-0.3, -0.25) is 9.59 Å². The van der Waals surface area contributed by atoms with Crippen molar-refractivity contribution in [1.29, 1.82) is 0 Å². The van der Waals surface area contributed by atoms with Gasteiger partial charge in [-0.25, -0.2) is 0 Å². The van der Waals surface area contributed by atoms with Crippen molar-refractivity contribution in [1.82, 2.24) is 4.90 Å². The summed E-state index contributed by atoms with van der Waals surface area (Å²) in [7, 11) is 0. The van der Waals surface area contributed by atoms with Gasteiger partial charge in [-0.1, -0.05) is 0 Å². The van der Waals surface area contributed by atoms with Gasteiger partial charge in [-0.15, -0.1) is 0 Å². The predicted octanol–water partition coefficient (Wildman–Crippen LogP) is 1.22. The zero-order chi connectivity index (χ0) is 12.9. The SMILES string of the molecule is C[C@@H]1CN(C(=O)[C@H]2C[C@H]2C(=O)O)C2(CCCC2)O1. The Bertz CT molecular complexity index is 388. The minimum absolute atomic E-state index is 0.00588. The molecule has 3 fully saturated rings. The second-order valence-corrected chi connectivity index (χ2v) is 5.82. The van der Waals surface area contributed by atoms with Crippen molar-refractivity contribution in [2.24, 2.45) is 11.8 Å². The third-order valence-electron chi connectivity index (χ3n) is 4.43. The first-order valence-corrected chi connectivity index (χ1v) is 6.76. The van der Waals surface area contributed by atoms with Crippen LogP contribution in [-0.4, -0.2) is 40.3 Å². The standard InChI is InChI=1S/C13H19NO4/c1-8-7-14(13(18-8)4-2-3-5-13)11(15)9-6-10(9)12(16)17/h8-10H,2-7H2,1H3,(H,16,17)/t8-,9+,10-/m1/s1. The first-order chi connectivity index (χ1) is 8.53. The van der Waals surface area contributed by atoms with E-state index in [1.54, 1.807) is 0 Å². The first-order valence-electron chi connectivity index (χ1n) is 6.76. The van der Waals surface area contributed by atoms with Crippen LogP contribution in [0.4, 0.5) is 0 Å². The second kappa shape index (κ2) is 3.95. The van der Waals surface area contributed by atoms with Crippen LogP contribution in [0.25, 0.3) is 0 Å². The van der Waals surface area contributed by atoms with Crippen LogP contribution in [0, 0.1) is 11.8 Å². The molecule has 0 unspecified atom stereocenters. The number of hydrogen-bond acceptors (Lipinski definition) is 3. The van der Waals surface area contributed by atoms with Gasteiger partial charge in [0.25, 0.3) is 0 Å². The highest BCUT2D eigenvalue weighted by Crippen LogP contribution is 2.47. The third kappa shape index (κ3) is 1.72. The number of nitrogens with zero attached hydrogens (tertiary/aromatic N) is 1. The van der Waals surface area contributed by atoms with Gasteiger partial charge in [0.2, 0.25) is 5.91 Å². The number of carboxylic acid groups (broad SMARTS) is 1. The molecular weight excluding hydrogens is 234 g/mol. The Labute approximate surface area is 106 Å². The molecule has 3 aliphatic rings. The van der Waals surface area contributed by atoms with E-state index in [-0.39, 0.29) is 17.9 Å². The number of carboxylic acids is 1. The smallest absolute Gasteiger partial charge is 0.307 e. The zero-order valence-electron chi connectivity index (χ0n) is 10.6. The van der Waals surface area contributed by atoms with E-state index in [1.807, 2.05) is 11.8 Å². The van der Waals surface area contributed by atoms with Crippen LogP contribution in [0.2, 0.25) is 0 Å². The van der Waals surface area contributed by atoms with E-state index in [0.717, 1.165) is 25.7 Å². The van der Waals surface area contributed by atoms with Crippen LogP contribution in [0.5, 0.6) is 0 Å². The lowest BCUT2D eigenvalue weighted by Crippen LogP contribution is -2.47. The Hall–Kier alpha value is -1.10. The lowest BCUT2D eigenvalue weighted by atomic mass is 10.1. The molecule has 1 amide bonds. The number of ether oxygens (including phenoxy) is 1. The molecule has 1 saturated heterocycles. The number of carbonyl (C=O) groups excluding carboxylic acids is 1. The van der Waals surface area contributed by atoms with E-state index in [1.165, 1.54) is 0 Å². The number of carbonyl (C=O) groups is 2. The van der Waals surface area contributed by atoms with Gasteiger partial charge in [0, 0.05) is 6.54 Å². The summed E-state index contributed by atoms with van der Waals surface area (Å²) in [4.78, 5) is 25.1. The third-order valence-corrected chi connectivity index (χ3v) is 4.43. The van der Waals surface area contributed by atoms with E-state index >= 15 is 0 Å². The van der Waals surface area contributed by atoms with E-state index in [2.05, 4.69) is 0 Å². The molecule has 0 bridgehead atoms. The molecular formula is C13H19NO4. The summed E-state index contributed by atoms with van der Waals surface area (Å²) in [5.41, 5.74) is -0.415. The van der Waals surface area contributed by atoms with Gasteiger partial charge < -0.3 is 14.7 Å². The van der Waals surface area contributed by atoms with Crippen molar-refractivity contribution < 1.29 is 19.4 Å². The molecule has 5 heteroatoms. The average Bonchev–Trinajstić information content (AvgIpc) is 2.90. The van der Waals surface area contributed by atoms with Crippen LogP contribution in [0.15, 0.2) is 0 Å². The Morgan fingerprint density at radius 1 is 1.28 bits per heavy atom. The Morgan fingerprint density at radius 3 is 2.50 bits per heavy atom. The van der Waals surface area contributed by atoms with Crippen molar-refractivity contribution in [2.45, 2.75) is 50.9 Å². The van der Waals surface area contributed by atoms with Crippen molar-refractivity contribution in [2.75, 3.05) is 6.54 Å². The minimum Gasteiger partial charge on any atom is -0.481 e. The highest BCUT2D eigenvalue weighted by atomic mass is 16.5. The predicted molar refractivity (Wildman–Crippen MR) is 62.7 cm³/mol. The lowest BCUT2D eigenvalue weighted by Gasteiger charge is -2.33. The summed E-state index contributed by atoms with van der Waals surface area (Å²) in [6, 6.07) is 0. The summed E-state index contributed by atoms with van der Waals surface area (Å²) < 4.78 is 5.97. The molecule has 0 radical (unpaired) electrons. The molecule has 1 heterocycles. The van der Waals surface area contributed by atoms with E-state index < -0.39 is 17.6 Å². The summed E-state index contributed by atoms with van der Waals surface area (Å²) in [5.74, 6) is -1.63. The van der Waals surface area contributed by atoms with Crippen LogP contribution in [0.1, 0.15) is 39.0 Å². The second-order valence-electron chi connectivity index (χ2n) is 5.82. The highest BCUT2D eigenvalue weighted by molar-refractivity contribution is 5.90. The molecule has 1 aliphatic heterocycles. The van der Waals surface area contributed by atoms with Crippen molar-refractivity contribution >= 4 is 11.9 Å². The average molecular weight is 253 g/mol. The summed E-state index contributed by atoms with van der Waals surface area (Å²) >= 11 is 0. The van der Waals surface area contributed by atoms with Gasteiger partial charge in [0.1, 0.15) is 5.72 Å². The van der Waals surface area contributed by atoms with Gasteiger partial charge in [0.15, 0.2) is 0 Å². The quantitative estimate of drug-likeness (QED) is 0.803. The fraction of sp³-hybridized carbons (Fsp3) is 0.846. The van der Waals surface area contributed by atoms with Crippen molar-refractivity contribution in [3.8, 4) is 0 Å². The largest absolute Gasteiger partial charge is 0.481 e. The maximum atomic E-state index is 12.4. The summed E-state index contributed by atoms with van der Waals surface area (Å²) in [6.45, 7) is 2.59. The molecule has 1 N–H and O–H groups in total. The van der Waals surface area contributed by atoms with Gasteiger partial charge in [-0.2, -0.15) is 0 Å². The molecule has 2 aliphatic carbocycles. The Kier molecular flexibility index (Phi) is 2.62. The number of aliphatic carboxylic acids is 1. The van der Waals surface area contributed by atoms with E-state index in [9.17, 15) is 9.59 Å². The van der Waals surface area contributed by atoms with Crippen LogP contribution in [0.3, 0.4) is 0 Å². The normalized spacial score (nSPS) is 37.2. The molecule has 0 aromatic heterocycles. The molecule has 0 aromatic carbocycles. The van der Waals surface area contributed by atoms with Gasteiger partial charge in [-0.05, 0) is 39.0 Å². The topological polar surface area (TPSA) is 66.8 Å². The molecule has 1 spiro atoms. The van der Waals surface area contributed by atoms with Gasteiger partial charge >= 0.3 is 5.97 Å². The number of hydrogen-bond donors (Lipinski definition) is 1. The van der Waals surface area contributed by atoms with Gasteiger partial charge in [0.05, 0.1) is 17.9 Å². The highest BCUT2D eigenvalue weighted by Gasteiger charge is 2.56. The molecule has 3 atom stereocenters. The Morgan fingerprint density at radius 2 is 1.94 bits per heavy atom. The molecule has 18 heavy (non-hydrogen) atoms. The fourth-order valence-electron chi connectivity index (χ4n) is 3.45. The molecule has 0 aromatic rings. The van der Waals surface area contributed by atoms with Crippen molar-refractivity contribution in [3.63, 3.8) is 0 Å². The van der Waals surface area contributed by atoms with E-state index in [0.29, 0.717) is 13.0 Å². The molecule has 3 rings (SSSR count). The lowest BCUT2D eigenvalue weighted by molar-refractivity contribution is -0.154. The van der Waals surface area contributed by atoms with Crippen molar-refractivity contribution in [3.05, 3.63) is 0 Å². The Balaban J connectivity index is 1.75. The molecule has 2 saturated carbocycles. The molecule has 5 nitrogen and oxygen atoms in total. The minimum atomic E-state index is -0.845. The summed E-state index contributed by atoms with van der Waals surface area (Å²) in [6.07, 6.45) is 4.53. The molecule has 100 valence electrons. The number of amides is 1. The zero-order valence-corrected chi connectivity index (χ0v) is 10.6. The first kappa shape index (κ1) is 12.0. The van der Waals surface area contributed by atoms with Crippen LogP contribution < -0.4 is 0 Å². The maximum absolute atomic E-state index is 12.4. The maximum Gasteiger partial charge on any atom is 0.307 e. The van der Waals surface area contributed by atoms with Crippen LogP contribution in [-0.2, 0) is 14.3 Å². The monoisotopic (exact) mass is 253 g/mol. The van der Waals surface area contributed by atoms with E-state index in [4.69, 9.17) is 9.84 Å². The summed E-state index contributed by atoms with van der Waals surface area (Å²) in [5, 5.41) is 8.92. The fourth-order valence-corrected chi connectivity index (χ4v) is 3.45.